The summed E-state index contributed by atoms with van der Waals surface area (Å²) in [6, 6.07) is 8.51. The Kier molecular flexibility index (Phi) is 4.12. The molecule has 1 heterocycles. The summed E-state index contributed by atoms with van der Waals surface area (Å²) in [5, 5.41) is 12.5. The van der Waals surface area contributed by atoms with Crippen molar-refractivity contribution in [1.29, 1.82) is 0 Å². The lowest BCUT2D eigenvalue weighted by atomic mass is 10.1. The van der Waals surface area contributed by atoms with Gasteiger partial charge in [0.05, 0.1) is 22.5 Å². The first-order valence-electron chi connectivity index (χ1n) is 5.88. The molecule has 0 aliphatic rings. The van der Waals surface area contributed by atoms with Crippen molar-refractivity contribution >= 4 is 23.3 Å². The summed E-state index contributed by atoms with van der Waals surface area (Å²) in [5.74, 6) is -0.102. The molecule has 5 heteroatoms. The van der Waals surface area contributed by atoms with Crippen LogP contribution in [0.5, 0.6) is 0 Å². The molecule has 0 amide bonds. The predicted octanol–water partition coefficient (Wildman–Crippen LogP) is 3.67. The van der Waals surface area contributed by atoms with Gasteiger partial charge in [0.15, 0.2) is 0 Å². The Balaban J connectivity index is 2.04. The van der Waals surface area contributed by atoms with Crippen LogP contribution in [0.25, 0.3) is 0 Å². The summed E-state index contributed by atoms with van der Waals surface area (Å²) in [5.41, 5.74) is 0.889. The molecule has 0 aliphatic carbocycles. The first-order chi connectivity index (χ1) is 9.06. The number of hydrogen-bond donors (Lipinski definition) is 2. The number of anilines is 1. The Labute approximate surface area is 116 Å². The van der Waals surface area contributed by atoms with E-state index < -0.39 is 5.97 Å². The van der Waals surface area contributed by atoms with E-state index in [1.807, 2.05) is 19.1 Å². The summed E-state index contributed by atoms with van der Waals surface area (Å²) in [4.78, 5) is 10.8. The van der Waals surface area contributed by atoms with Crippen molar-refractivity contribution in [3.8, 4) is 0 Å². The summed E-state index contributed by atoms with van der Waals surface area (Å²) >= 11 is 6.05. The summed E-state index contributed by atoms with van der Waals surface area (Å²) in [6.07, 6.45) is 2.36. The molecule has 0 fully saturated rings. The quantitative estimate of drug-likeness (QED) is 0.876. The summed E-state index contributed by atoms with van der Waals surface area (Å²) in [6.45, 7) is 2.00. The summed E-state index contributed by atoms with van der Waals surface area (Å²) in [7, 11) is 0. The molecule has 0 saturated heterocycles. The first kappa shape index (κ1) is 13.5. The minimum Gasteiger partial charge on any atom is -0.478 e. The van der Waals surface area contributed by atoms with Crippen LogP contribution in [0.3, 0.4) is 0 Å². The lowest BCUT2D eigenvalue weighted by Gasteiger charge is -2.15. The van der Waals surface area contributed by atoms with Gasteiger partial charge in [-0.2, -0.15) is 0 Å². The number of furan rings is 1. The Morgan fingerprint density at radius 2 is 2.26 bits per heavy atom. The molecule has 0 aliphatic heterocycles. The van der Waals surface area contributed by atoms with Crippen LogP contribution in [0.2, 0.25) is 5.02 Å². The van der Waals surface area contributed by atoms with Gasteiger partial charge >= 0.3 is 5.97 Å². The number of carboxylic acid groups (broad SMARTS) is 1. The third kappa shape index (κ3) is 3.51. The van der Waals surface area contributed by atoms with E-state index in [9.17, 15) is 4.79 Å². The van der Waals surface area contributed by atoms with Crippen molar-refractivity contribution in [3.63, 3.8) is 0 Å². The highest BCUT2D eigenvalue weighted by Gasteiger charge is 2.10. The molecule has 1 aromatic heterocycles. The SMILES string of the molecule is CC(Cc1ccco1)Nc1ccc(C(=O)O)cc1Cl. The van der Waals surface area contributed by atoms with E-state index in [1.165, 1.54) is 12.1 Å². The molecule has 0 radical (unpaired) electrons. The van der Waals surface area contributed by atoms with Gasteiger partial charge in [0.25, 0.3) is 0 Å². The molecular formula is C14H14ClNO3. The van der Waals surface area contributed by atoms with Crippen LogP contribution < -0.4 is 5.32 Å². The number of hydrogen-bond acceptors (Lipinski definition) is 3. The maximum Gasteiger partial charge on any atom is 0.335 e. The van der Waals surface area contributed by atoms with E-state index in [1.54, 1.807) is 12.3 Å². The zero-order valence-corrected chi connectivity index (χ0v) is 11.1. The second-order valence-electron chi connectivity index (χ2n) is 4.33. The topological polar surface area (TPSA) is 62.5 Å². The second kappa shape index (κ2) is 5.80. The van der Waals surface area contributed by atoms with Crippen LogP contribution >= 0.6 is 11.6 Å². The third-order valence-corrected chi connectivity index (χ3v) is 3.02. The van der Waals surface area contributed by atoms with Crippen molar-refractivity contribution in [2.45, 2.75) is 19.4 Å². The highest BCUT2D eigenvalue weighted by atomic mass is 35.5. The molecule has 100 valence electrons. The number of carbonyl (C=O) groups is 1. The van der Waals surface area contributed by atoms with Crippen LogP contribution in [0.1, 0.15) is 23.0 Å². The molecule has 4 nitrogen and oxygen atoms in total. The highest BCUT2D eigenvalue weighted by Crippen LogP contribution is 2.24. The zero-order valence-electron chi connectivity index (χ0n) is 10.4. The van der Waals surface area contributed by atoms with E-state index >= 15 is 0 Å². The van der Waals surface area contributed by atoms with E-state index in [2.05, 4.69) is 5.32 Å². The lowest BCUT2D eigenvalue weighted by molar-refractivity contribution is 0.0697. The zero-order chi connectivity index (χ0) is 13.8. The van der Waals surface area contributed by atoms with Gasteiger partial charge in [0, 0.05) is 12.5 Å². The van der Waals surface area contributed by atoms with Gasteiger partial charge in [-0.1, -0.05) is 11.6 Å². The average molecular weight is 280 g/mol. The van der Waals surface area contributed by atoms with Crippen molar-refractivity contribution in [2.24, 2.45) is 0 Å². The molecule has 2 N–H and O–H groups in total. The van der Waals surface area contributed by atoms with E-state index in [0.717, 1.165) is 12.2 Å². The largest absolute Gasteiger partial charge is 0.478 e. The Hall–Kier alpha value is -1.94. The van der Waals surface area contributed by atoms with Gasteiger partial charge in [-0.05, 0) is 37.3 Å². The smallest absolute Gasteiger partial charge is 0.335 e. The number of benzene rings is 1. The molecule has 1 atom stereocenters. The van der Waals surface area contributed by atoms with Crippen LogP contribution in [0.4, 0.5) is 5.69 Å². The minimum absolute atomic E-state index is 0.124. The number of nitrogens with one attached hydrogen (secondary N) is 1. The fraction of sp³-hybridized carbons (Fsp3) is 0.214. The van der Waals surface area contributed by atoms with Gasteiger partial charge in [-0.25, -0.2) is 4.79 Å². The molecule has 2 aromatic rings. The lowest BCUT2D eigenvalue weighted by Crippen LogP contribution is -2.18. The maximum absolute atomic E-state index is 10.8. The van der Waals surface area contributed by atoms with Gasteiger partial charge in [0.2, 0.25) is 0 Å². The number of halogens is 1. The van der Waals surface area contributed by atoms with Crippen molar-refractivity contribution < 1.29 is 14.3 Å². The highest BCUT2D eigenvalue weighted by molar-refractivity contribution is 6.33. The number of aromatic carboxylic acids is 1. The molecule has 1 aromatic carbocycles. The molecule has 2 rings (SSSR count). The normalized spacial score (nSPS) is 12.1. The van der Waals surface area contributed by atoms with Gasteiger partial charge in [-0.3, -0.25) is 0 Å². The number of rotatable bonds is 5. The molecule has 0 bridgehead atoms. The van der Waals surface area contributed by atoms with E-state index in [4.69, 9.17) is 21.1 Å². The molecule has 1 unspecified atom stereocenters. The van der Waals surface area contributed by atoms with Crippen molar-refractivity contribution in [1.82, 2.24) is 0 Å². The van der Waals surface area contributed by atoms with E-state index in [0.29, 0.717) is 10.7 Å². The Bertz CT molecular complexity index is 566. The molecule has 0 saturated carbocycles. The Morgan fingerprint density at radius 3 is 2.84 bits per heavy atom. The number of carboxylic acids is 1. The monoisotopic (exact) mass is 279 g/mol. The molecular weight excluding hydrogens is 266 g/mol. The maximum atomic E-state index is 10.8. The van der Waals surface area contributed by atoms with Crippen molar-refractivity contribution in [2.75, 3.05) is 5.32 Å². The first-order valence-corrected chi connectivity index (χ1v) is 6.26. The average Bonchev–Trinajstić information content (AvgIpc) is 2.84. The van der Waals surface area contributed by atoms with Gasteiger partial charge in [0.1, 0.15) is 5.76 Å². The van der Waals surface area contributed by atoms with Crippen LogP contribution in [-0.2, 0) is 6.42 Å². The van der Waals surface area contributed by atoms with E-state index in [-0.39, 0.29) is 11.6 Å². The van der Waals surface area contributed by atoms with Gasteiger partial charge in [-0.15, -0.1) is 0 Å². The fourth-order valence-electron chi connectivity index (χ4n) is 1.81. The standard InChI is InChI=1S/C14H14ClNO3/c1-9(7-11-3-2-6-19-11)16-13-5-4-10(14(17)18)8-12(13)15/h2-6,8-9,16H,7H2,1H3,(H,17,18). The third-order valence-electron chi connectivity index (χ3n) is 2.71. The van der Waals surface area contributed by atoms with Crippen LogP contribution in [-0.4, -0.2) is 17.1 Å². The molecule has 0 spiro atoms. The van der Waals surface area contributed by atoms with Crippen LogP contribution in [0, 0.1) is 0 Å². The minimum atomic E-state index is -0.989. The Morgan fingerprint density at radius 1 is 1.47 bits per heavy atom. The predicted molar refractivity (Wildman–Crippen MR) is 73.9 cm³/mol. The summed E-state index contributed by atoms with van der Waals surface area (Å²) < 4.78 is 5.27. The molecule has 19 heavy (non-hydrogen) atoms. The van der Waals surface area contributed by atoms with Crippen LogP contribution in [0.15, 0.2) is 41.0 Å². The second-order valence-corrected chi connectivity index (χ2v) is 4.74. The van der Waals surface area contributed by atoms with Crippen molar-refractivity contribution in [3.05, 3.63) is 52.9 Å². The van der Waals surface area contributed by atoms with Gasteiger partial charge < -0.3 is 14.8 Å². The fourth-order valence-corrected chi connectivity index (χ4v) is 2.05.